The molecule has 11 heteroatoms. The second-order valence-electron chi connectivity index (χ2n) is 11.7. The Hall–Kier alpha value is -4.25. The molecule has 226 valence electrons. The molecule has 9 nitrogen and oxygen atoms in total. The molecule has 2 unspecified atom stereocenters. The number of hydrogen-bond acceptors (Lipinski definition) is 8. The van der Waals surface area contributed by atoms with Crippen molar-refractivity contribution in [1.82, 2.24) is 19.4 Å². The van der Waals surface area contributed by atoms with Gasteiger partial charge < -0.3 is 24.7 Å². The monoisotopic (exact) mass is 590 g/mol. The van der Waals surface area contributed by atoms with Crippen LogP contribution in [0.4, 0.5) is 20.3 Å². The molecule has 2 atom stereocenters. The van der Waals surface area contributed by atoms with Crippen LogP contribution in [0.25, 0.3) is 10.9 Å². The number of methoxy groups -OCH3 is 1. The van der Waals surface area contributed by atoms with E-state index < -0.39 is 11.6 Å². The minimum atomic E-state index is -1.09. The van der Waals surface area contributed by atoms with Crippen LogP contribution in [0.1, 0.15) is 43.9 Å². The number of halogens is 2. The average molecular weight is 591 g/mol. The Balaban J connectivity index is 1.42. The fourth-order valence-corrected chi connectivity index (χ4v) is 6.25. The summed E-state index contributed by atoms with van der Waals surface area (Å²) in [4.78, 5) is 27.1. The predicted molar refractivity (Wildman–Crippen MR) is 161 cm³/mol. The van der Waals surface area contributed by atoms with Crippen LogP contribution in [0.2, 0.25) is 0 Å². The number of anilines is 2. The molecule has 4 aromatic rings. The molecule has 1 aromatic carbocycles. The Bertz CT molecular complexity index is 1690. The Labute approximate surface area is 248 Å². The van der Waals surface area contributed by atoms with Crippen LogP contribution in [0.3, 0.4) is 0 Å². The number of pyridine rings is 3. The maximum Gasteiger partial charge on any atom is 0.213 e. The van der Waals surface area contributed by atoms with Crippen LogP contribution in [0, 0.1) is 17.6 Å². The van der Waals surface area contributed by atoms with E-state index in [0.717, 1.165) is 43.2 Å². The minimum Gasteiger partial charge on any atom is -0.486 e. The van der Waals surface area contributed by atoms with Crippen LogP contribution in [-0.4, -0.2) is 52.3 Å². The van der Waals surface area contributed by atoms with Crippen molar-refractivity contribution >= 4 is 22.4 Å². The Morgan fingerprint density at radius 1 is 1.19 bits per heavy atom. The molecule has 0 radical (unpaired) electrons. The number of benzene rings is 1. The summed E-state index contributed by atoms with van der Waals surface area (Å²) in [6.45, 7) is 6.75. The zero-order valence-electron chi connectivity index (χ0n) is 24.6. The van der Waals surface area contributed by atoms with Crippen LogP contribution in [0.5, 0.6) is 11.6 Å². The van der Waals surface area contributed by atoms with Gasteiger partial charge in [0.2, 0.25) is 11.7 Å². The van der Waals surface area contributed by atoms with E-state index in [2.05, 4.69) is 19.8 Å². The molecule has 6 rings (SSSR count). The van der Waals surface area contributed by atoms with E-state index >= 15 is 0 Å². The van der Waals surface area contributed by atoms with E-state index in [0.29, 0.717) is 35.9 Å². The standard InChI is InChI=1S/C32H36F2N6O3/c1-19(2)26-18-43-32-29(34)25(33)12-24-30(32)40(26)16-21(31(24)41)15-39(14-20-8-9-36-28(11-20)42-3)23-5-4-10-38(17-23)22-6-7-27(35)37-13-22/h6-9,11-13,16,19,23,26H,4-5,10,14-15,17-18H2,1-3H3,(H2,35,37). The number of hydrogen-bond donors (Lipinski definition) is 1. The fourth-order valence-electron chi connectivity index (χ4n) is 6.25. The molecule has 2 aliphatic rings. The van der Waals surface area contributed by atoms with Crippen LogP contribution >= 0.6 is 0 Å². The summed E-state index contributed by atoms with van der Waals surface area (Å²) in [5.74, 6) is -1.24. The maximum atomic E-state index is 14.8. The summed E-state index contributed by atoms with van der Waals surface area (Å²) in [6.07, 6.45) is 7.20. The number of ether oxygens (including phenoxy) is 2. The van der Waals surface area contributed by atoms with Crippen LogP contribution in [-0.2, 0) is 13.1 Å². The van der Waals surface area contributed by atoms with Gasteiger partial charge in [0, 0.05) is 56.2 Å². The third-order valence-electron chi connectivity index (χ3n) is 8.58. The lowest BCUT2D eigenvalue weighted by Crippen LogP contribution is -2.48. The van der Waals surface area contributed by atoms with Gasteiger partial charge in [-0.2, -0.15) is 4.39 Å². The topological polar surface area (TPSA) is 98.7 Å². The van der Waals surface area contributed by atoms with Gasteiger partial charge in [0.15, 0.2) is 17.0 Å². The molecule has 0 spiro atoms. The van der Waals surface area contributed by atoms with Crippen molar-refractivity contribution < 1.29 is 18.3 Å². The van der Waals surface area contributed by atoms with Gasteiger partial charge in [-0.3, -0.25) is 9.69 Å². The van der Waals surface area contributed by atoms with E-state index in [-0.39, 0.29) is 41.2 Å². The van der Waals surface area contributed by atoms with Gasteiger partial charge >= 0.3 is 0 Å². The lowest BCUT2D eigenvalue weighted by Gasteiger charge is -2.40. The van der Waals surface area contributed by atoms with Gasteiger partial charge in [0.25, 0.3) is 0 Å². The summed E-state index contributed by atoms with van der Waals surface area (Å²) in [6, 6.07) is 8.57. The van der Waals surface area contributed by atoms with E-state index in [1.807, 2.05) is 42.8 Å². The summed E-state index contributed by atoms with van der Waals surface area (Å²) in [7, 11) is 1.58. The second kappa shape index (κ2) is 11.8. The molecule has 3 aromatic heterocycles. The van der Waals surface area contributed by atoms with Gasteiger partial charge in [-0.25, -0.2) is 14.4 Å². The van der Waals surface area contributed by atoms with Gasteiger partial charge in [-0.15, -0.1) is 0 Å². The Kier molecular flexibility index (Phi) is 7.91. The second-order valence-corrected chi connectivity index (χ2v) is 11.7. The third kappa shape index (κ3) is 5.61. The fraction of sp³-hybridized carbons (Fsp3) is 0.406. The Morgan fingerprint density at radius 2 is 2.02 bits per heavy atom. The van der Waals surface area contributed by atoms with E-state index in [1.54, 1.807) is 25.6 Å². The lowest BCUT2D eigenvalue weighted by atomic mass is 9.99. The number of nitrogen functional groups attached to an aromatic ring is 1. The lowest BCUT2D eigenvalue weighted by molar-refractivity contribution is 0.156. The molecule has 43 heavy (non-hydrogen) atoms. The van der Waals surface area contributed by atoms with Crippen LogP contribution in [0.15, 0.2) is 53.7 Å². The number of aromatic nitrogens is 3. The summed E-state index contributed by atoms with van der Waals surface area (Å²) < 4.78 is 42.5. The number of nitrogens with two attached hydrogens (primary N) is 1. The van der Waals surface area contributed by atoms with Crippen molar-refractivity contribution in [3.05, 3.63) is 81.9 Å². The van der Waals surface area contributed by atoms with Crippen molar-refractivity contribution in [2.45, 2.75) is 51.9 Å². The van der Waals surface area contributed by atoms with Gasteiger partial charge in [0.1, 0.15) is 12.4 Å². The summed E-state index contributed by atoms with van der Waals surface area (Å²) >= 11 is 0. The molecule has 2 N–H and O–H groups in total. The predicted octanol–water partition coefficient (Wildman–Crippen LogP) is 4.92. The number of nitrogens with zero attached hydrogens (tertiary/aromatic N) is 5. The number of rotatable bonds is 8. The molecule has 0 aliphatic carbocycles. The zero-order valence-corrected chi connectivity index (χ0v) is 24.6. The first-order valence-corrected chi connectivity index (χ1v) is 14.6. The van der Waals surface area contributed by atoms with Crippen molar-refractivity contribution in [2.75, 3.05) is 37.4 Å². The zero-order chi connectivity index (χ0) is 30.2. The molecule has 5 heterocycles. The van der Waals surface area contributed by atoms with Gasteiger partial charge in [-0.1, -0.05) is 13.8 Å². The molecule has 1 fully saturated rings. The molecular weight excluding hydrogens is 554 g/mol. The first-order chi connectivity index (χ1) is 20.7. The maximum absolute atomic E-state index is 14.8. The molecule has 2 aliphatic heterocycles. The highest BCUT2D eigenvalue weighted by Gasteiger charge is 2.32. The minimum absolute atomic E-state index is 0.0895. The molecular formula is C32H36F2N6O3. The smallest absolute Gasteiger partial charge is 0.213 e. The first kappa shape index (κ1) is 28.9. The van der Waals surface area contributed by atoms with Crippen molar-refractivity contribution in [1.29, 1.82) is 0 Å². The van der Waals surface area contributed by atoms with Gasteiger partial charge in [0.05, 0.1) is 35.9 Å². The van der Waals surface area contributed by atoms with Crippen molar-refractivity contribution in [3.8, 4) is 11.6 Å². The number of piperidine rings is 1. The van der Waals surface area contributed by atoms with Crippen molar-refractivity contribution in [3.63, 3.8) is 0 Å². The third-order valence-corrected chi connectivity index (χ3v) is 8.58. The highest BCUT2D eigenvalue weighted by atomic mass is 19.2. The van der Waals surface area contributed by atoms with Crippen molar-refractivity contribution in [2.24, 2.45) is 5.92 Å². The SMILES string of the molecule is COc1cc(CN(Cc2cn3c4c(c(F)c(F)cc4c2=O)OCC3C(C)C)C2CCCN(c3ccc(N)nc3)C2)ccn1. The van der Waals surface area contributed by atoms with Gasteiger partial charge in [-0.05, 0) is 48.6 Å². The summed E-state index contributed by atoms with van der Waals surface area (Å²) in [5, 5.41) is 0.125. The normalized spacial score (nSPS) is 18.3. The average Bonchev–Trinajstić information content (AvgIpc) is 3.01. The highest BCUT2D eigenvalue weighted by Crippen LogP contribution is 2.38. The first-order valence-electron chi connectivity index (χ1n) is 14.6. The van der Waals surface area contributed by atoms with E-state index in [4.69, 9.17) is 15.2 Å². The van der Waals surface area contributed by atoms with E-state index in [1.165, 1.54) is 0 Å². The molecule has 0 saturated carbocycles. The largest absolute Gasteiger partial charge is 0.486 e. The van der Waals surface area contributed by atoms with E-state index in [9.17, 15) is 13.6 Å². The Morgan fingerprint density at radius 3 is 2.77 bits per heavy atom. The summed E-state index contributed by atoms with van der Waals surface area (Å²) in [5.41, 5.74) is 8.31. The highest BCUT2D eigenvalue weighted by molar-refractivity contribution is 5.86. The molecule has 0 bridgehead atoms. The molecule has 1 saturated heterocycles. The quantitative estimate of drug-likeness (QED) is 0.309. The van der Waals surface area contributed by atoms with Crippen LogP contribution < -0.4 is 25.5 Å². The molecule has 0 amide bonds.